The standard InChI is InChI=1S/C24H25N3O/c1-3-7-22(8-4-1)20-28-24-13-11-21(12-14-24)19-25-27-17-15-26(16-18-27)23-9-5-2-6-10-23/h1-14,19H,15-18,20H2/b25-19+. The van der Waals surface area contributed by atoms with Gasteiger partial charge in [0, 0.05) is 18.8 Å². The summed E-state index contributed by atoms with van der Waals surface area (Å²) in [6.45, 7) is 4.44. The van der Waals surface area contributed by atoms with E-state index in [0.717, 1.165) is 37.5 Å². The number of hydrogen-bond donors (Lipinski definition) is 0. The zero-order chi connectivity index (χ0) is 19.0. The summed E-state index contributed by atoms with van der Waals surface area (Å²) in [5.74, 6) is 0.873. The predicted molar refractivity (Wildman–Crippen MR) is 115 cm³/mol. The minimum Gasteiger partial charge on any atom is -0.489 e. The van der Waals surface area contributed by atoms with E-state index in [9.17, 15) is 0 Å². The maximum atomic E-state index is 5.83. The first kappa shape index (κ1) is 18.1. The molecule has 3 aromatic carbocycles. The normalized spacial score (nSPS) is 14.4. The smallest absolute Gasteiger partial charge is 0.119 e. The first-order valence-corrected chi connectivity index (χ1v) is 9.72. The fourth-order valence-electron chi connectivity index (χ4n) is 3.25. The first-order valence-electron chi connectivity index (χ1n) is 9.72. The summed E-state index contributed by atoms with van der Waals surface area (Å²) < 4.78 is 5.83. The second-order valence-corrected chi connectivity index (χ2v) is 6.86. The van der Waals surface area contributed by atoms with Crippen molar-refractivity contribution in [2.24, 2.45) is 5.10 Å². The van der Waals surface area contributed by atoms with Crippen LogP contribution < -0.4 is 9.64 Å². The van der Waals surface area contributed by atoms with Gasteiger partial charge in [-0.15, -0.1) is 0 Å². The Hall–Kier alpha value is -3.27. The summed E-state index contributed by atoms with van der Waals surface area (Å²) in [4.78, 5) is 2.41. The number of benzene rings is 3. The van der Waals surface area contributed by atoms with Crippen LogP contribution in [0.25, 0.3) is 0 Å². The minimum absolute atomic E-state index is 0.583. The topological polar surface area (TPSA) is 28.1 Å². The lowest BCUT2D eigenvalue weighted by molar-refractivity contribution is 0.272. The molecule has 0 saturated carbocycles. The molecule has 0 spiro atoms. The molecule has 0 radical (unpaired) electrons. The van der Waals surface area contributed by atoms with Gasteiger partial charge in [-0.2, -0.15) is 5.10 Å². The zero-order valence-electron chi connectivity index (χ0n) is 15.9. The number of hydrazone groups is 1. The molecule has 1 aliphatic heterocycles. The number of nitrogens with zero attached hydrogens (tertiary/aromatic N) is 3. The van der Waals surface area contributed by atoms with Crippen LogP contribution >= 0.6 is 0 Å². The van der Waals surface area contributed by atoms with Gasteiger partial charge in [-0.25, -0.2) is 0 Å². The van der Waals surface area contributed by atoms with Gasteiger partial charge in [0.25, 0.3) is 0 Å². The Balaban J connectivity index is 1.26. The van der Waals surface area contributed by atoms with Gasteiger partial charge in [0.05, 0.1) is 19.3 Å². The van der Waals surface area contributed by atoms with Gasteiger partial charge in [0.1, 0.15) is 12.4 Å². The third-order valence-electron chi connectivity index (χ3n) is 4.88. The summed E-state index contributed by atoms with van der Waals surface area (Å²) in [6.07, 6.45) is 1.93. The van der Waals surface area contributed by atoms with Crippen molar-refractivity contribution in [3.8, 4) is 5.75 Å². The second kappa shape index (κ2) is 9.09. The Kier molecular flexibility index (Phi) is 5.88. The van der Waals surface area contributed by atoms with Gasteiger partial charge >= 0.3 is 0 Å². The van der Waals surface area contributed by atoms with Crippen LogP contribution in [-0.2, 0) is 6.61 Å². The Labute approximate surface area is 166 Å². The monoisotopic (exact) mass is 371 g/mol. The van der Waals surface area contributed by atoms with E-state index < -0.39 is 0 Å². The van der Waals surface area contributed by atoms with E-state index in [-0.39, 0.29) is 0 Å². The molecule has 0 aliphatic carbocycles. The third-order valence-corrected chi connectivity index (χ3v) is 4.88. The molecule has 0 N–H and O–H groups in total. The lowest BCUT2D eigenvalue weighted by Gasteiger charge is -2.34. The fraction of sp³-hybridized carbons (Fsp3) is 0.208. The van der Waals surface area contributed by atoms with Gasteiger partial charge in [0.15, 0.2) is 0 Å². The van der Waals surface area contributed by atoms with Crippen molar-refractivity contribution in [2.75, 3.05) is 31.1 Å². The zero-order valence-corrected chi connectivity index (χ0v) is 15.9. The van der Waals surface area contributed by atoms with Crippen LogP contribution in [0.4, 0.5) is 5.69 Å². The number of piperazine rings is 1. The van der Waals surface area contributed by atoms with Crippen molar-refractivity contribution in [2.45, 2.75) is 6.61 Å². The van der Waals surface area contributed by atoms with Crippen molar-refractivity contribution < 1.29 is 4.74 Å². The highest BCUT2D eigenvalue weighted by molar-refractivity contribution is 5.79. The van der Waals surface area contributed by atoms with Crippen molar-refractivity contribution in [3.63, 3.8) is 0 Å². The van der Waals surface area contributed by atoms with Crippen molar-refractivity contribution in [1.29, 1.82) is 0 Å². The van der Waals surface area contributed by atoms with E-state index in [1.54, 1.807) is 0 Å². The highest BCUT2D eigenvalue weighted by atomic mass is 16.5. The maximum absolute atomic E-state index is 5.83. The molecule has 0 bridgehead atoms. The lowest BCUT2D eigenvalue weighted by Crippen LogP contribution is -2.44. The van der Waals surface area contributed by atoms with Crippen molar-refractivity contribution in [3.05, 3.63) is 96.1 Å². The SMILES string of the molecule is C(=N\N1CCN(c2ccccc2)CC1)/c1ccc(OCc2ccccc2)cc1. The molecular weight excluding hydrogens is 346 g/mol. The molecule has 0 amide bonds. The predicted octanol–water partition coefficient (Wildman–Crippen LogP) is 4.42. The number of rotatable bonds is 6. The van der Waals surface area contributed by atoms with Crippen LogP contribution in [0.3, 0.4) is 0 Å². The molecule has 1 fully saturated rings. The Bertz CT molecular complexity index is 871. The summed E-state index contributed by atoms with van der Waals surface area (Å²) in [5.41, 5.74) is 3.54. The molecule has 1 saturated heterocycles. The summed E-state index contributed by atoms with van der Waals surface area (Å²) in [5, 5.41) is 6.78. The molecule has 0 atom stereocenters. The van der Waals surface area contributed by atoms with Gasteiger partial charge in [0.2, 0.25) is 0 Å². The third kappa shape index (κ3) is 4.92. The fourth-order valence-corrected chi connectivity index (χ4v) is 3.25. The van der Waals surface area contributed by atoms with Crippen LogP contribution in [0.15, 0.2) is 90.0 Å². The van der Waals surface area contributed by atoms with Gasteiger partial charge in [-0.05, 0) is 47.5 Å². The molecule has 0 unspecified atom stereocenters. The van der Waals surface area contributed by atoms with Crippen molar-refractivity contribution >= 4 is 11.9 Å². The molecule has 4 nitrogen and oxygen atoms in total. The Morgan fingerprint density at radius 2 is 1.39 bits per heavy atom. The number of para-hydroxylation sites is 1. The first-order chi connectivity index (χ1) is 13.9. The molecular formula is C24H25N3O. The average molecular weight is 371 g/mol. The van der Waals surface area contributed by atoms with Gasteiger partial charge in [-0.1, -0.05) is 48.5 Å². The van der Waals surface area contributed by atoms with E-state index >= 15 is 0 Å². The van der Waals surface area contributed by atoms with Crippen LogP contribution in [0.2, 0.25) is 0 Å². The highest BCUT2D eigenvalue weighted by Crippen LogP contribution is 2.16. The summed E-state index contributed by atoms with van der Waals surface area (Å²) >= 11 is 0. The second-order valence-electron chi connectivity index (χ2n) is 6.86. The molecule has 28 heavy (non-hydrogen) atoms. The Morgan fingerprint density at radius 1 is 0.750 bits per heavy atom. The number of hydrogen-bond acceptors (Lipinski definition) is 4. The van der Waals surface area contributed by atoms with Crippen molar-refractivity contribution in [1.82, 2.24) is 5.01 Å². The quantitative estimate of drug-likeness (QED) is 0.601. The van der Waals surface area contributed by atoms with Gasteiger partial charge in [-0.3, -0.25) is 5.01 Å². The molecule has 142 valence electrons. The number of anilines is 1. The van der Waals surface area contributed by atoms with E-state index in [2.05, 4.69) is 57.5 Å². The molecule has 4 rings (SSSR count). The Morgan fingerprint density at radius 3 is 2.07 bits per heavy atom. The largest absolute Gasteiger partial charge is 0.489 e. The van der Waals surface area contributed by atoms with E-state index in [0.29, 0.717) is 6.61 Å². The minimum atomic E-state index is 0.583. The molecule has 3 aromatic rings. The highest BCUT2D eigenvalue weighted by Gasteiger charge is 2.15. The van der Waals surface area contributed by atoms with Crippen LogP contribution in [0.5, 0.6) is 5.75 Å². The molecule has 0 aromatic heterocycles. The lowest BCUT2D eigenvalue weighted by atomic mass is 10.2. The van der Waals surface area contributed by atoms with Crippen LogP contribution in [-0.4, -0.2) is 37.4 Å². The molecule has 1 heterocycles. The average Bonchev–Trinajstić information content (AvgIpc) is 2.79. The van der Waals surface area contributed by atoms with E-state index in [1.807, 2.05) is 48.7 Å². The van der Waals surface area contributed by atoms with E-state index in [1.165, 1.54) is 11.3 Å². The van der Waals surface area contributed by atoms with E-state index in [4.69, 9.17) is 4.74 Å². The number of ether oxygens (including phenoxy) is 1. The molecule has 1 aliphatic rings. The van der Waals surface area contributed by atoms with Gasteiger partial charge < -0.3 is 9.64 Å². The summed E-state index contributed by atoms with van der Waals surface area (Å²) in [7, 11) is 0. The van der Waals surface area contributed by atoms with Crippen LogP contribution in [0, 0.1) is 0 Å². The maximum Gasteiger partial charge on any atom is 0.119 e. The molecule has 4 heteroatoms. The van der Waals surface area contributed by atoms with Crippen LogP contribution in [0.1, 0.15) is 11.1 Å². The summed E-state index contributed by atoms with van der Waals surface area (Å²) in [6, 6.07) is 28.9.